The number of amides is 1. The van der Waals surface area contributed by atoms with E-state index in [4.69, 9.17) is 5.11 Å². The van der Waals surface area contributed by atoms with Crippen molar-refractivity contribution in [1.29, 1.82) is 0 Å². The molecule has 0 aliphatic heterocycles. The molecule has 1 aromatic carbocycles. The number of carboxylic acid groups (broad SMARTS) is 1. The van der Waals surface area contributed by atoms with Gasteiger partial charge in [0, 0.05) is 11.5 Å². The molecule has 5 heteroatoms. The van der Waals surface area contributed by atoms with Gasteiger partial charge in [-0.25, -0.2) is 9.78 Å². The van der Waals surface area contributed by atoms with E-state index in [1.165, 1.54) is 12.1 Å². The van der Waals surface area contributed by atoms with Gasteiger partial charge in [-0.05, 0) is 31.5 Å². The molecule has 2 N–H and O–H groups in total. The minimum Gasteiger partial charge on any atom is -0.478 e. The summed E-state index contributed by atoms with van der Waals surface area (Å²) in [4.78, 5) is 27.6. The third-order valence-electron chi connectivity index (χ3n) is 4.50. The average molecular weight is 326 g/mol. The third-order valence-corrected chi connectivity index (χ3v) is 4.50. The highest BCUT2D eigenvalue weighted by Crippen LogP contribution is 2.27. The van der Waals surface area contributed by atoms with Gasteiger partial charge in [0.2, 0.25) is 0 Å². The largest absolute Gasteiger partial charge is 0.478 e. The Morgan fingerprint density at radius 3 is 2.29 bits per heavy atom. The van der Waals surface area contributed by atoms with Crippen LogP contribution in [0, 0.1) is 6.92 Å². The van der Waals surface area contributed by atoms with E-state index in [0.717, 1.165) is 5.56 Å². The highest BCUT2D eigenvalue weighted by molar-refractivity contribution is 5.94. The number of carboxylic acids is 1. The van der Waals surface area contributed by atoms with Gasteiger partial charge in [0.25, 0.3) is 5.91 Å². The number of nitrogens with zero attached hydrogens (tertiary/aromatic N) is 1. The number of carbonyl (C=O) groups is 2. The Kier molecular flexibility index (Phi) is 5.02. The number of benzene rings is 1. The van der Waals surface area contributed by atoms with Crippen LogP contribution in [0.25, 0.3) is 0 Å². The number of aromatic carboxylic acids is 1. The van der Waals surface area contributed by atoms with Gasteiger partial charge in [-0.2, -0.15) is 0 Å². The molecule has 24 heavy (non-hydrogen) atoms. The van der Waals surface area contributed by atoms with Gasteiger partial charge in [0.15, 0.2) is 0 Å². The minimum absolute atomic E-state index is 0.101. The van der Waals surface area contributed by atoms with E-state index in [0.29, 0.717) is 5.69 Å². The number of rotatable bonds is 5. The van der Waals surface area contributed by atoms with Gasteiger partial charge in [-0.15, -0.1) is 0 Å². The fourth-order valence-corrected chi connectivity index (χ4v) is 2.48. The van der Waals surface area contributed by atoms with Crippen molar-refractivity contribution in [3.05, 3.63) is 65.0 Å². The van der Waals surface area contributed by atoms with Crippen LogP contribution in [0.4, 0.5) is 0 Å². The molecule has 0 aliphatic rings. The van der Waals surface area contributed by atoms with Crippen LogP contribution in [0.3, 0.4) is 0 Å². The Labute approximate surface area is 141 Å². The summed E-state index contributed by atoms with van der Waals surface area (Å²) in [5.74, 6) is -1.36. The normalized spacial score (nSPS) is 12.5. The third kappa shape index (κ3) is 3.62. The van der Waals surface area contributed by atoms with E-state index in [1.807, 2.05) is 37.3 Å². The lowest BCUT2D eigenvalue weighted by Crippen LogP contribution is -2.45. The minimum atomic E-state index is -1.05. The first-order valence-corrected chi connectivity index (χ1v) is 7.81. The van der Waals surface area contributed by atoms with Gasteiger partial charge in [-0.1, -0.05) is 44.2 Å². The molecule has 5 nitrogen and oxygen atoms in total. The van der Waals surface area contributed by atoms with Crippen molar-refractivity contribution in [3.63, 3.8) is 0 Å². The molecule has 1 heterocycles. The summed E-state index contributed by atoms with van der Waals surface area (Å²) >= 11 is 0. The Morgan fingerprint density at radius 1 is 1.12 bits per heavy atom. The number of carbonyl (C=O) groups excluding carboxylic acids is 1. The van der Waals surface area contributed by atoms with E-state index in [-0.39, 0.29) is 28.6 Å². The van der Waals surface area contributed by atoms with Gasteiger partial charge >= 0.3 is 5.97 Å². The first-order valence-electron chi connectivity index (χ1n) is 7.81. The lowest BCUT2D eigenvalue weighted by molar-refractivity contribution is 0.0694. The number of nitrogens with one attached hydrogen (secondary N) is 1. The molecule has 0 bridgehead atoms. The number of hydrogen-bond donors (Lipinski definition) is 2. The molecular formula is C19H22N2O3. The maximum atomic E-state index is 12.4. The fourth-order valence-electron chi connectivity index (χ4n) is 2.48. The van der Waals surface area contributed by atoms with Crippen molar-refractivity contribution >= 4 is 11.9 Å². The van der Waals surface area contributed by atoms with Gasteiger partial charge in [0.1, 0.15) is 5.69 Å². The predicted octanol–water partition coefficient (Wildman–Crippen LogP) is 3.18. The number of aromatic nitrogens is 1. The second-order valence-corrected chi connectivity index (χ2v) is 6.42. The van der Waals surface area contributed by atoms with E-state index < -0.39 is 5.97 Å². The zero-order valence-electron chi connectivity index (χ0n) is 14.3. The highest BCUT2D eigenvalue weighted by Gasteiger charge is 2.29. The molecule has 2 aromatic rings. The van der Waals surface area contributed by atoms with E-state index in [2.05, 4.69) is 24.1 Å². The molecule has 0 radical (unpaired) electrons. The molecule has 1 aromatic heterocycles. The van der Waals surface area contributed by atoms with E-state index >= 15 is 0 Å². The molecular weight excluding hydrogens is 304 g/mol. The Bertz CT molecular complexity index is 754. The summed E-state index contributed by atoms with van der Waals surface area (Å²) in [5.41, 5.74) is 1.51. The lowest BCUT2D eigenvalue weighted by Gasteiger charge is -2.33. The first-order chi connectivity index (χ1) is 11.2. The zero-order valence-corrected chi connectivity index (χ0v) is 14.3. The SMILES string of the molecule is Cc1nc(C(=O)NC(C)C(C)(C)c2ccccc2)ccc1C(=O)O. The second kappa shape index (κ2) is 6.83. The monoisotopic (exact) mass is 326 g/mol. The van der Waals surface area contributed by atoms with Crippen LogP contribution in [0.15, 0.2) is 42.5 Å². The summed E-state index contributed by atoms with van der Waals surface area (Å²) in [7, 11) is 0. The zero-order chi connectivity index (χ0) is 17.9. The lowest BCUT2D eigenvalue weighted by atomic mass is 9.78. The molecule has 1 amide bonds. The summed E-state index contributed by atoms with van der Waals surface area (Å²) in [5, 5.41) is 12.0. The molecule has 2 rings (SSSR count). The summed E-state index contributed by atoms with van der Waals surface area (Å²) < 4.78 is 0. The first kappa shape index (κ1) is 17.7. The summed E-state index contributed by atoms with van der Waals surface area (Å²) in [6.07, 6.45) is 0. The van der Waals surface area contributed by atoms with Gasteiger partial charge in [-0.3, -0.25) is 4.79 Å². The standard InChI is InChI=1S/C19H22N2O3/c1-12-15(18(23)24)10-11-16(20-12)17(22)21-13(2)19(3,4)14-8-6-5-7-9-14/h5-11,13H,1-4H3,(H,21,22)(H,23,24). The van der Waals surface area contributed by atoms with Crippen LogP contribution in [-0.2, 0) is 5.41 Å². The maximum Gasteiger partial charge on any atom is 0.337 e. The number of aryl methyl sites for hydroxylation is 1. The molecule has 1 atom stereocenters. The Hall–Kier alpha value is -2.69. The van der Waals surface area contributed by atoms with Crippen molar-refractivity contribution in [1.82, 2.24) is 10.3 Å². The molecule has 126 valence electrons. The smallest absolute Gasteiger partial charge is 0.337 e. The van der Waals surface area contributed by atoms with Gasteiger partial charge < -0.3 is 10.4 Å². The molecule has 0 fully saturated rings. The van der Waals surface area contributed by atoms with Crippen LogP contribution in [-0.4, -0.2) is 28.0 Å². The molecule has 0 saturated carbocycles. The van der Waals surface area contributed by atoms with Crippen molar-refractivity contribution in [2.45, 2.75) is 39.2 Å². The van der Waals surface area contributed by atoms with E-state index in [9.17, 15) is 9.59 Å². The van der Waals surface area contributed by atoms with Crippen LogP contribution in [0.1, 0.15) is 52.9 Å². The Morgan fingerprint density at radius 2 is 1.75 bits per heavy atom. The van der Waals surface area contributed by atoms with Gasteiger partial charge in [0.05, 0.1) is 11.3 Å². The van der Waals surface area contributed by atoms with Crippen molar-refractivity contribution in [2.24, 2.45) is 0 Å². The van der Waals surface area contributed by atoms with Crippen LogP contribution >= 0.6 is 0 Å². The van der Waals surface area contributed by atoms with Crippen molar-refractivity contribution in [2.75, 3.05) is 0 Å². The van der Waals surface area contributed by atoms with Crippen molar-refractivity contribution in [3.8, 4) is 0 Å². The topological polar surface area (TPSA) is 79.3 Å². The molecule has 0 spiro atoms. The molecule has 1 unspecified atom stereocenters. The number of hydrogen-bond acceptors (Lipinski definition) is 3. The predicted molar refractivity (Wildman–Crippen MR) is 92.3 cm³/mol. The molecule has 0 saturated heterocycles. The summed E-state index contributed by atoms with van der Waals surface area (Å²) in [6, 6.07) is 12.7. The Balaban J connectivity index is 2.17. The highest BCUT2D eigenvalue weighted by atomic mass is 16.4. The van der Waals surface area contributed by atoms with Crippen LogP contribution < -0.4 is 5.32 Å². The van der Waals surface area contributed by atoms with Crippen LogP contribution in [0.2, 0.25) is 0 Å². The molecule has 0 aliphatic carbocycles. The summed E-state index contributed by atoms with van der Waals surface area (Å²) in [6.45, 7) is 7.67. The fraction of sp³-hybridized carbons (Fsp3) is 0.316. The van der Waals surface area contributed by atoms with E-state index in [1.54, 1.807) is 6.92 Å². The average Bonchev–Trinajstić information content (AvgIpc) is 2.55. The number of pyridine rings is 1. The van der Waals surface area contributed by atoms with Crippen LogP contribution in [0.5, 0.6) is 0 Å². The second-order valence-electron chi connectivity index (χ2n) is 6.42. The maximum absolute atomic E-state index is 12.4. The van der Waals surface area contributed by atoms with Crippen molar-refractivity contribution < 1.29 is 14.7 Å². The quantitative estimate of drug-likeness (QED) is 0.884.